The molecule has 3 aromatic carbocycles. The smallest absolute Gasteiger partial charge is 0.115 e. The zero-order valence-corrected chi connectivity index (χ0v) is 17.9. The van der Waals surface area contributed by atoms with E-state index in [1.807, 2.05) is 0 Å². The van der Waals surface area contributed by atoms with Crippen molar-refractivity contribution in [3.05, 3.63) is 91.0 Å². The molecule has 1 saturated carbocycles. The fourth-order valence-corrected chi connectivity index (χ4v) is 9.76. The number of benzene rings is 3. The first-order valence-electron chi connectivity index (χ1n) is 10.4. The number of rotatable bonds is 4. The van der Waals surface area contributed by atoms with Crippen LogP contribution in [0.4, 0.5) is 0 Å². The van der Waals surface area contributed by atoms with Gasteiger partial charge in [0.05, 0.1) is 5.66 Å². The van der Waals surface area contributed by atoms with Gasteiger partial charge in [-0.05, 0) is 69.0 Å². The van der Waals surface area contributed by atoms with Gasteiger partial charge in [-0.3, -0.25) is 0 Å². The van der Waals surface area contributed by atoms with Crippen molar-refractivity contribution in [2.45, 2.75) is 44.7 Å². The number of carbonyl (C=O) groups is 1. The third-order valence-corrected chi connectivity index (χ3v) is 10.6. The molecule has 0 aromatic heterocycles. The van der Waals surface area contributed by atoms with E-state index in [-0.39, 0.29) is 0 Å². The van der Waals surface area contributed by atoms with Crippen LogP contribution in [0.15, 0.2) is 91.0 Å². The number of hydrogen-bond donors (Lipinski definition) is 0. The highest BCUT2D eigenvalue weighted by Crippen LogP contribution is 2.63. The zero-order valence-electron chi connectivity index (χ0n) is 17.0. The average Bonchev–Trinajstić information content (AvgIpc) is 2.77. The molecule has 0 unspecified atom stereocenters. The summed E-state index contributed by atoms with van der Waals surface area (Å²) in [6.45, 7) is 0.972. The summed E-state index contributed by atoms with van der Waals surface area (Å²) in [6, 6.07) is 34.0. The van der Waals surface area contributed by atoms with Crippen molar-refractivity contribution in [2.75, 3.05) is 0 Å². The summed E-state index contributed by atoms with van der Waals surface area (Å²) >= 11 is 0. The molecule has 29 heavy (non-hydrogen) atoms. The van der Waals surface area contributed by atoms with Gasteiger partial charge >= 0.3 is 0 Å². The van der Waals surface area contributed by atoms with Crippen LogP contribution in [-0.2, 0) is 4.79 Å². The molecule has 1 aliphatic rings. The van der Waals surface area contributed by atoms with Gasteiger partial charge in [-0.1, -0.05) is 61.0 Å². The summed E-state index contributed by atoms with van der Waals surface area (Å²) < 4.78 is 0. The molecular weight excluding hydrogens is 375 g/mol. The van der Waals surface area contributed by atoms with Crippen molar-refractivity contribution in [3.8, 4) is 0 Å². The average molecular weight is 404 g/mol. The van der Waals surface area contributed by atoms with Gasteiger partial charge < -0.3 is 9.90 Å². The fourth-order valence-electron chi connectivity index (χ4n) is 4.54. The van der Waals surface area contributed by atoms with Crippen molar-refractivity contribution in [3.63, 3.8) is 0 Å². The molecule has 0 radical (unpaired) electrons. The largest absolute Gasteiger partial charge is 0.550 e. The van der Waals surface area contributed by atoms with E-state index >= 15 is 0 Å². The Hall–Kier alpha value is -2.44. The Morgan fingerprint density at radius 2 is 1.00 bits per heavy atom. The molecule has 2 nitrogen and oxygen atoms in total. The van der Waals surface area contributed by atoms with Gasteiger partial charge in [0.2, 0.25) is 0 Å². The van der Waals surface area contributed by atoms with Crippen LogP contribution in [0.25, 0.3) is 0 Å². The summed E-state index contributed by atoms with van der Waals surface area (Å²) in [5.41, 5.74) is 0.758. The molecular formula is C26H29O2P. The monoisotopic (exact) mass is 404 g/mol. The molecule has 0 atom stereocenters. The Bertz CT molecular complexity index is 772. The first-order chi connectivity index (χ1) is 14.2. The van der Waals surface area contributed by atoms with Gasteiger partial charge in [0, 0.05) is 5.97 Å². The quantitative estimate of drug-likeness (QED) is 0.615. The third-order valence-electron chi connectivity index (χ3n) is 5.61. The fraction of sp³-hybridized carbons (Fsp3) is 0.269. The second-order valence-corrected chi connectivity index (χ2v) is 11.2. The molecule has 0 saturated heterocycles. The number of hydrogen-bond acceptors (Lipinski definition) is 2. The van der Waals surface area contributed by atoms with E-state index in [0.717, 1.165) is 12.6 Å². The van der Waals surface area contributed by atoms with Crippen molar-refractivity contribution in [1.29, 1.82) is 0 Å². The Kier molecular flexibility index (Phi) is 7.61. The normalized spacial score (nSPS) is 14.5. The summed E-state index contributed by atoms with van der Waals surface area (Å²) in [4.78, 5) is 8.89. The van der Waals surface area contributed by atoms with Crippen LogP contribution in [0.3, 0.4) is 0 Å². The Labute approximate surface area is 175 Å². The minimum absolute atomic E-state index is 0.758. The first-order valence-corrected chi connectivity index (χ1v) is 12.2. The van der Waals surface area contributed by atoms with E-state index in [9.17, 15) is 0 Å². The van der Waals surface area contributed by atoms with E-state index in [2.05, 4.69) is 91.0 Å². The van der Waals surface area contributed by atoms with Gasteiger partial charge in [0.15, 0.2) is 0 Å². The van der Waals surface area contributed by atoms with Gasteiger partial charge in [0.1, 0.15) is 23.2 Å². The second kappa shape index (κ2) is 10.4. The SMILES string of the molecule is CC(=O)[O-].c1ccc([P+](c2ccccc2)(c2ccccc2)C2CCCCC2)cc1. The van der Waals surface area contributed by atoms with Crippen LogP contribution in [0.1, 0.15) is 39.0 Å². The van der Waals surface area contributed by atoms with Crippen LogP contribution >= 0.6 is 7.26 Å². The minimum atomic E-state index is -1.63. The first kappa shape index (κ1) is 21.3. The minimum Gasteiger partial charge on any atom is -0.550 e. The molecule has 1 fully saturated rings. The molecule has 4 rings (SSSR count). The van der Waals surface area contributed by atoms with E-state index < -0.39 is 13.2 Å². The number of aliphatic carboxylic acids is 1. The van der Waals surface area contributed by atoms with Crippen LogP contribution < -0.4 is 21.0 Å². The van der Waals surface area contributed by atoms with Gasteiger partial charge in [-0.25, -0.2) is 0 Å². The number of carboxylic acids is 1. The highest BCUT2D eigenvalue weighted by atomic mass is 31.2. The van der Waals surface area contributed by atoms with Gasteiger partial charge in [-0.15, -0.1) is 0 Å². The number of carboxylic acid groups (broad SMARTS) is 1. The highest BCUT2D eigenvalue weighted by molar-refractivity contribution is 7.96. The lowest BCUT2D eigenvalue weighted by Crippen LogP contribution is -2.39. The van der Waals surface area contributed by atoms with E-state index in [1.165, 1.54) is 32.1 Å². The van der Waals surface area contributed by atoms with E-state index in [4.69, 9.17) is 9.90 Å². The summed E-state index contributed by atoms with van der Waals surface area (Å²) in [7, 11) is -1.63. The Morgan fingerprint density at radius 1 is 0.690 bits per heavy atom. The Balaban J connectivity index is 0.000000552. The molecule has 1 aliphatic carbocycles. The molecule has 150 valence electrons. The maximum absolute atomic E-state index is 8.89. The summed E-state index contributed by atoms with van der Waals surface area (Å²) in [5, 5.41) is 13.5. The third kappa shape index (κ3) is 4.95. The number of carbonyl (C=O) groups excluding carboxylic acids is 1. The van der Waals surface area contributed by atoms with Crippen molar-refractivity contribution < 1.29 is 9.90 Å². The molecule has 3 aromatic rings. The standard InChI is InChI=1S/C24H26P.C2H4O2/c1-5-13-21(14-6-1)25(22-15-7-2-8-16-22,23-17-9-3-10-18-23)24-19-11-4-12-20-24;1-2(3)4/h1-3,5-10,13-18,24H,4,11-12,19-20H2;1H3,(H,3,4)/q+1;/p-1. The molecule has 3 heteroatoms. The predicted octanol–water partition coefficient (Wildman–Crippen LogP) is 4.07. The topological polar surface area (TPSA) is 40.1 Å². The van der Waals surface area contributed by atoms with Crippen molar-refractivity contribution in [2.24, 2.45) is 0 Å². The lowest BCUT2D eigenvalue weighted by molar-refractivity contribution is -0.302. The molecule has 0 spiro atoms. The molecule has 0 amide bonds. The van der Waals surface area contributed by atoms with Gasteiger partial charge in [-0.2, -0.15) is 0 Å². The van der Waals surface area contributed by atoms with Crippen LogP contribution in [0, 0.1) is 0 Å². The van der Waals surface area contributed by atoms with Crippen LogP contribution in [0.5, 0.6) is 0 Å². The summed E-state index contributed by atoms with van der Waals surface area (Å²) in [6.07, 6.45) is 6.85. The second-order valence-electron chi connectivity index (χ2n) is 7.51. The molecule has 0 bridgehead atoms. The highest BCUT2D eigenvalue weighted by Gasteiger charge is 2.51. The lowest BCUT2D eigenvalue weighted by atomic mass is 10.0. The van der Waals surface area contributed by atoms with Crippen molar-refractivity contribution in [1.82, 2.24) is 0 Å². The molecule has 0 heterocycles. The maximum atomic E-state index is 8.89. The van der Waals surface area contributed by atoms with Crippen LogP contribution in [-0.4, -0.2) is 11.6 Å². The van der Waals surface area contributed by atoms with Crippen molar-refractivity contribution >= 4 is 29.1 Å². The van der Waals surface area contributed by atoms with E-state index in [1.54, 1.807) is 15.9 Å². The van der Waals surface area contributed by atoms with Gasteiger partial charge in [0.25, 0.3) is 0 Å². The Morgan fingerprint density at radius 3 is 1.31 bits per heavy atom. The van der Waals surface area contributed by atoms with Crippen LogP contribution in [0.2, 0.25) is 0 Å². The maximum Gasteiger partial charge on any atom is 0.115 e. The summed E-state index contributed by atoms with van der Waals surface area (Å²) in [5.74, 6) is -1.08. The predicted molar refractivity (Wildman–Crippen MR) is 123 cm³/mol. The molecule has 0 N–H and O–H groups in total. The zero-order chi connectivity index (χ0) is 20.5. The molecule has 0 aliphatic heterocycles. The lowest BCUT2D eigenvalue weighted by Gasteiger charge is -2.36. The van der Waals surface area contributed by atoms with E-state index in [0.29, 0.717) is 0 Å².